The van der Waals surface area contributed by atoms with E-state index in [4.69, 9.17) is 14.2 Å². The Balaban J connectivity index is 2.19. The van der Waals surface area contributed by atoms with Gasteiger partial charge in [-0.3, -0.25) is 19.3 Å². The molecule has 0 aliphatic carbocycles. The van der Waals surface area contributed by atoms with Gasteiger partial charge >= 0.3 is 5.97 Å². The van der Waals surface area contributed by atoms with Crippen LogP contribution in [0.1, 0.15) is 39.7 Å². The van der Waals surface area contributed by atoms with E-state index >= 15 is 0 Å². The second kappa shape index (κ2) is 10.2. The Labute approximate surface area is 169 Å². The van der Waals surface area contributed by atoms with E-state index in [2.05, 4.69) is 0 Å². The van der Waals surface area contributed by atoms with Crippen LogP contribution >= 0.6 is 11.8 Å². The third-order valence-corrected chi connectivity index (χ3v) is 4.86. The van der Waals surface area contributed by atoms with Crippen LogP contribution < -0.4 is 9.47 Å². The summed E-state index contributed by atoms with van der Waals surface area (Å²) in [6, 6.07) is 5.28. The maximum Gasteiger partial charge on any atom is 0.326 e. The van der Waals surface area contributed by atoms with Gasteiger partial charge in [0.15, 0.2) is 0 Å². The van der Waals surface area contributed by atoms with Gasteiger partial charge in [0.2, 0.25) is 0 Å². The Morgan fingerprint density at radius 3 is 2.54 bits per heavy atom. The van der Waals surface area contributed by atoms with Crippen molar-refractivity contribution in [2.24, 2.45) is 0 Å². The zero-order chi connectivity index (χ0) is 20.7. The Morgan fingerprint density at radius 1 is 1.18 bits per heavy atom. The minimum Gasteiger partial charge on any atom is -0.494 e. The normalized spacial score (nSPS) is 16.4. The number of ether oxygens (including phenoxy) is 3. The minimum atomic E-state index is -0.603. The summed E-state index contributed by atoms with van der Waals surface area (Å²) in [5.74, 6) is 0.0850. The van der Waals surface area contributed by atoms with E-state index in [1.165, 1.54) is 0 Å². The third-order valence-electron chi connectivity index (χ3n) is 3.95. The molecule has 1 aromatic carbocycles. The van der Waals surface area contributed by atoms with Gasteiger partial charge in [-0.2, -0.15) is 0 Å². The van der Waals surface area contributed by atoms with Crippen LogP contribution in [-0.2, 0) is 14.3 Å². The number of hydrogen-bond acceptors (Lipinski definition) is 7. The van der Waals surface area contributed by atoms with Gasteiger partial charge in [0.25, 0.3) is 11.1 Å². The number of thioether (sulfide) groups is 1. The molecular formula is C20H25NO6S. The maximum absolute atomic E-state index is 12.6. The fourth-order valence-electron chi connectivity index (χ4n) is 2.42. The zero-order valence-corrected chi connectivity index (χ0v) is 17.3. The summed E-state index contributed by atoms with van der Waals surface area (Å²) < 4.78 is 16.2. The zero-order valence-electron chi connectivity index (χ0n) is 16.5. The van der Waals surface area contributed by atoms with Crippen LogP contribution in [-0.4, -0.2) is 47.9 Å². The molecule has 1 fully saturated rings. The van der Waals surface area contributed by atoms with Crippen molar-refractivity contribution < 1.29 is 28.6 Å². The number of carbonyl (C=O) groups excluding carboxylic acids is 3. The molecule has 2 amide bonds. The molecule has 0 radical (unpaired) electrons. The molecule has 0 unspecified atom stereocenters. The van der Waals surface area contributed by atoms with Gasteiger partial charge in [0.05, 0.1) is 24.2 Å². The van der Waals surface area contributed by atoms with Crippen LogP contribution in [0, 0.1) is 0 Å². The average molecular weight is 407 g/mol. The molecule has 1 saturated heterocycles. The lowest BCUT2D eigenvalue weighted by molar-refractivity contribution is -0.150. The summed E-state index contributed by atoms with van der Waals surface area (Å²) in [5.41, 5.74) is 0.651. The van der Waals surface area contributed by atoms with Gasteiger partial charge in [-0.25, -0.2) is 0 Å². The summed E-state index contributed by atoms with van der Waals surface area (Å²) >= 11 is 0.788. The molecule has 1 aliphatic heterocycles. The molecule has 1 aliphatic rings. The molecule has 0 saturated carbocycles. The smallest absolute Gasteiger partial charge is 0.326 e. The van der Waals surface area contributed by atoms with Gasteiger partial charge in [0, 0.05) is 11.6 Å². The van der Waals surface area contributed by atoms with Crippen LogP contribution in [0.2, 0.25) is 0 Å². The fraction of sp³-hybridized carbons (Fsp3) is 0.450. The molecule has 2 rings (SSSR count). The van der Waals surface area contributed by atoms with E-state index in [1.807, 2.05) is 20.8 Å². The maximum atomic E-state index is 12.6. The number of esters is 1. The van der Waals surface area contributed by atoms with Gasteiger partial charge in [-0.15, -0.1) is 0 Å². The van der Waals surface area contributed by atoms with E-state index < -0.39 is 23.7 Å². The average Bonchev–Trinajstić information content (AvgIpc) is 2.91. The highest BCUT2D eigenvalue weighted by atomic mass is 32.2. The summed E-state index contributed by atoms with van der Waals surface area (Å²) in [4.78, 5) is 37.8. The first-order chi connectivity index (χ1) is 13.4. The highest BCUT2D eigenvalue weighted by molar-refractivity contribution is 8.18. The summed E-state index contributed by atoms with van der Waals surface area (Å²) in [6.07, 6.45) is 1.98. The lowest BCUT2D eigenvalue weighted by atomic mass is 10.1. The van der Waals surface area contributed by atoms with E-state index in [0.717, 1.165) is 16.7 Å². The Hall–Kier alpha value is -2.48. The van der Waals surface area contributed by atoms with E-state index in [-0.39, 0.29) is 11.0 Å². The first-order valence-electron chi connectivity index (χ1n) is 9.24. The second-order valence-corrected chi connectivity index (χ2v) is 7.04. The quantitative estimate of drug-likeness (QED) is 0.454. The van der Waals surface area contributed by atoms with E-state index in [1.54, 1.807) is 31.2 Å². The van der Waals surface area contributed by atoms with Crippen LogP contribution in [0.25, 0.3) is 6.08 Å². The van der Waals surface area contributed by atoms with Crippen LogP contribution in [0.3, 0.4) is 0 Å². The van der Waals surface area contributed by atoms with Gasteiger partial charge in [-0.05, 0) is 57.2 Å². The predicted molar refractivity (Wildman–Crippen MR) is 107 cm³/mol. The van der Waals surface area contributed by atoms with Gasteiger partial charge in [-0.1, -0.05) is 6.92 Å². The number of imide groups is 1. The van der Waals surface area contributed by atoms with Crippen molar-refractivity contribution >= 4 is 35.0 Å². The number of carbonyl (C=O) groups is 3. The van der Waals surface area contributed by atoms with Crippen molar-refractivity contribution in [3.63, 3.8) is 0 Å². The van der Waals surface area contributed by atoms with Crippen LogP contribution in [0.5, 0.6) is 11.5 Å². The van der Waals surface area contributed by atoms with E-state index in [9.17, 15) is 14.4 Å². The van der Waals surface area contributed by atoms with Crippen molar-refractivity contribution in [2.75, 3.05) is 19.8 Å². The molecule has 152 valence electrons. The Kier molecular flexibility index (Phi) is 7.92. The molecule has 7 nitrogen and oxygen atoms in total. The number of amides is 2. The molecule has 1 aromatic rings. The Bertz CT molecular complexity index is 776. The fourth-order valence-corrected chi connectivity index (χ4v) is 3.25. The molecule has 8 heteroatoms. The minimum absolute atomic E-state index is 0.228. The first kappa shape index (κ1) is 21.8. The molecule has 0 spiro atoms. The largest absolute Gasteiger partial charge is 0.494 e. The number of nitrogens with zero attached hydrogens (tertiary/aromatic N) is 1. The third kappa shape index (κ3) is 5.51. The second-order valence-electron chi connectivity index (χ2n) is 6.04. The lowest BCUT2D eigenvalue weighted by Crippen LogP contribution is -2.35. The van der Waals surface area contributed by atoms with E-state index in [0.29, 0.717) is 36.7 Å². The molecule has 1 heterocycles. The Morgan fingerprint density at radius 2 is 1.89 bits per heavy atom. The topological polar surface area (TPSA) is 82.1 Å². The van der Waals surface area contributed by atoms with Crippen molar-refractivity contribution in [1.82, 2.24) is 4.90 Å². The predicted octanol–water partition coefficient (Wildman–Crippen LogP) is 3.86. The molecular weight excluding hydrogens is 382 g/mol. The molecule has 1 atom stereocenters. The number of rotatable bonds is 9. The van der Waals surface area contributed by atoms with Crippen LogP contribution in [0.4, 0.5) is 4.79 Å². The van der Waals surface area contributed by atoms with Crippen LogP contribution in [0.15, 0.2) is 23.1 Å². The number of benzene rings is 1. The summed E-state index contributed by atoms with van der Waals surface area (Å²) in [5, 5.41) is -0.499. The van der Waals surface area contributed by atoms with Gasteiger partial charge in [0.1, 0.15) is 18.0 Å². The first-order valence-corrected chi connectivity index (χ1v) is 10.1. The van der Waals surface area contributed by atoms with Crippen molar-refractivity contribution in [3.05, 3.63) is 28.7 Å². The van der Waals surface area contributed by atoms with Gasteiger partial charge < -0.3 is 14.2 Å². The molecule has 0 aromatic heterocycles. The summed E-state index contributed by atoms with van der Waals surface area (Å²) in [7, 11) is 0. The SMILES string of the molecule is CCOc1ccc(/C=C2/SC(=O)N(CC(=O)O[C@H](C)CC)C2=O)c(OCC)c1. The highest BCUT2D eigenvalue weighted by Crippen LogP contribution is 2.35. The van der Waals surface area contributed by atoms with Crippen molar-refractivity contribution in [2.45, 2.75) is 40.2 Å². The molecule has 0 bridgehead atoms. The van der Waals surface area contributed by atoms with Crippen molar-refractivity contribution in [1.29, 1.82) is 0 Å². The molecule has 28 heavy (non-hydrogen) atoms. The lowest BCUT2D eigenvalue weighted by Gasteiger charge is -2.15. The highest BCUT2D eigenvalue weighted by Gasteiger charge is 2.37. The van der Waals surface area contributed by atoms with Crippen molar-refractivity contribution in [3.8, 4) is 11.5 Å². The standard InChI is InChI=1S/C20H25NO6S/c1-5-13(4)27-18(22)12-21-19(23)17(28-20(21)24)10-14-8-9-15(25-6-2)11-16(14)26-7-3/h8-11,13H,5-7,12H2,1-4H3/b17-10+/t13-/m1/s1. The monoisotopic (exact) mass is 407 g/mol. The summed E-state index contributed by atoms with van der Waals surface area (Å²) in [6.45, 7) is 7.95. The molecule has 0 N–H and O–H groups in total. The number of hydrogen-bond donors (Lipinski definition) is 0.